The molecule has 0 aliphatic carbocycles. The van der Waals surface area contributed by atoms with Crippen molar-refractivity contribution in [1.29, 1.82) is 0 Å². The van der Waals surface area contributed by atoms with E-state index in [-0.39, 0.29) is 5.56 Å². The summed E-state index contributed by atoms with van der Waals surface area (Å²) in [5.41, 5.74) is -0.0588. The van der Waals surface area contributed by atoms with Crippen LogP contribution in [-0.4, -0.2) is 18.3 Å². The van der Waals surface area contributed by atoms with E-state index in [0.717, 1.165) is 0 Å². The molecule has 1 heterocycles. The molecule has 0 N–H and O–H groups in total. The third-order valence-corrected chi connectivity index (χ3v) is 1.71. The Labute approximate surface area is 75.5 Å². The molecule has 12 heavy (non-hydrogen) atoms. The van der Waals surface area contributed by atoms with Crippen LogP contribution in [0.25, 0.3) is 0 Å². The van der Waals surface area contributed by atoms with E-state index in [9.17, 15) is 4.79 Å². The van der Waals surface area contributed by atoms with Gasteiger partial charge in [0.15, 0.2) is 0 Å². The lowest BCUT2D eigenvalue weighted by Crippen LogP contribution is -2.20. The van der Waals surface area contributed by atoms with Crippen molar-refractivity contribution in [2.24, 2.45) is 0 Å². The number of hydrogen-bond donors (Lipinski definition) is 0. The Hall–Kier alpha value is -0.800. The number of methoxy groups -OCH3 is 1. The minimum Gasteiger partial charge on any atom is -0.383 e. The average Bonchev–Trinajstić information content (AvgIpc) is 2.07. The summed E-state index contributed by atoms with van der Waals surface area (Å²) >= 11 is 5.70. The Morgan fingerprint density at radius 3 is 3.00 bits per heavy atom. The molecule has 0 unspecified atom stereocenters. The first-order valence-electron chi connectivity index (χ1n) is 3.59. The van der Waals surface area contributed by atoms with E-state index < -0.39 is 0 Å². The van der Waals surface area contributed by atoms with Crippen LogP contribution in [0, 0.1) is 0 Å². The van der Waals surface area contributed by atoms with E-state index in [1.807, 2.05) is 0 Å². The molecule has 0 aromatic carbocycles. The van der Waals surface area contributed by atoms with Crippen LogP contribution in [0.5, 0.6) is 0 Å². The maximum absolute atomic E-state index is 11.1. The summed E-state index contributed by atoms with van der Waals surface area (Å²) in [6, 6.07) is 3.02. The Morgan fingerprint density at radius 2 is 2.33 bits per heavy atom. The monoisotopic (exact) mass is 187 g/mol. The average molecular weight is 188 g/mol. The summed E-state index contributed by atoms with van der Waals surface area (Å²) in [6.45, 7) is 1.05. The summed E-state index contributed by atoms with van der Waals surface area (Å²) in [5, 5.41) is 0.561. The summed E-state index contributed by atoms with van der Waals surface area (Å²) in [5.74, 6) is 0. The lowest BCUT2D eigenvalue weighted by Gasteiger charge is -2.03. The summed E-state index contributed by atoms with van der Waals surface area (Å²) in [4.78, 5) is 11.1. The largest absolute Gasteiger partial charge is 0.383 e. The molecule has 66 valence electrons. The molecule has 0 aliphatic rings. The first kappa shape index (κ1) is 9.29. The van der Waals surface area contributed by atoms with Crippen molar-refractivity contribution < 1.29 is 4.74 Å². The molecule has 0 saturated carbocycles. The SMILES string of the molecule is COCCn1cc(Cl)ccc1=O. The van der Waals surface area contributed by atoms with E-state index in [1.165, 1.54) is 10.6 Å². The summed E-state index contributed by atoms with van der Waals surface area (Å²) in [7, 11) is 1.59. The second-order valence-electron chi connectivity index (χ2n) is 2.37. The topological polar surface area (TPSA) is 31.2 Å². The Kier molecular flexibility index (Phi) is 3.31. The molecule has 1 aromatic rings. The Bertz CT molecular complexity index is 308. The molecule has 0 bridgehead atoms. The van der Waals surface area contributed by atoms with Gasteiger partial charge in [-0.3, -0.25) is 4.79 Å². The quantitative estimate of drug-likeness (QED) is 0.711. The van der Waals surface area contributed by atoms with E-state index in [4.69, 9.17) is 16.3 Å². The van der Waals surface area contributed by atoms with Gasteiger partial charge in [-0.25, -0.2) is 0 Å². The molecule has 0 fully saturated rings. The molecule has 0 aliphatic heterocycles. The highest BCUT2D eigenvalue weighted by Crippen LogP contribution is 2.02. The molecular formula is C8H10ClNO2. The zero-order valence-corrected chi connectivity index (χ0v) is 7.54. The van der Waals surface area contributed by atoms with Gasteiger partial charge in [0.25, 0.3) is 5.56 Å². The van der Waals surface area contributed by atoms with Gasteiger partial charge < -0.3 is 9.30 Å². The highest BCUT2D eigenvalue weighted by molar-refractivity contribution is 6.30. The summed E-state index contributed by atoms with van der Waals surface area (Å²) in [6.07, 6.45) is 1.60. The number of rotatable bonds is 3. The fraction of sp³-hybridized carbons (Fsp3) is 0.375. The lowest BCUT2D eigenvalue weighted by molar-refractivity contribution is 0.186. The number of halogens is 1. The van der Waals surface area contributed by atoms with Crippen molar-refractivity contribution in [3.05, 3.63) is 33.7 Å². The van der Waals surface area contributed by atoms with Crippen LogP contribution < -0.4 is 5.56 Å². The second-order valence-corrected chi connectivity index (χ2v) is 2.81. The Morgan fingerprint density at radius 1 is 1.58 bits per heavy atom. The lowest BCUT2D eigenvalue weighted by atomic mass is 10.4. The van der Waals surface area contributed by atoms with Gasteiger partial charge in [0, 0.05) is 25.9 Å². The van der Waals surface area contributed by atoms with Gasteiger partial charge >= 0.3 is 0 Å². The van der Waals surface area contributed by atoms with Crippen LogP contribution in [-0.2, 0) is 11.3 Å². The standard InChI is InChI=1S/C8H10ClNO2/c1-12-5-4-10-6-7(9)2-3-8(10)11/h2-3,6H,4-5H2,1H3. The Balaban J connectivity index is 2.83. The van der Waals surface area contributed by atoms with Crippen LogP contribution in [0.3, 0.4) is 0 Å². The van der Waals surface area contributed by atoms with Gasteiger partial charge in [0.2, 0.25) is 0 Å². The van der Waals surface area contributed by atoms with Gasteiger partial charge in [0.1, 0.15) is 0 Å². The van der Waals surface area contributed by atoms with Crippen LogP contribution in [0.4, 0.5) is 0 Å². The zero-order valence-electron chi connectivity index (χ0n) is 6.79. The van der Waals surface area contributed by atoms with Crippen molar-refractivity contribution in [2.75, 3.05) is 13.7 Å². The molecule has 1 rings (SSSR count). The van der Waals surface area contributed by atoms with Crippen molar-refractivity contribution in [2.45, 2.75) is 6.54 Å². The molecule has 0 spiro atoms. The van der Waals surface area contributed by atoms with Crippen molar-refractivity contribution in [3.63, 3.8) is 0 Å². The van der Waals surface area contributed by atoms with E-state index in [0.29, 0.717) is 18.2 Å². The number of aromatic nitrogens is 1. The highest BCUT2D eigenvalue weighted by atomic mass is 35.5. The van der Waals surface area contributed by atoms with Gasteiger partial charge in [-0.1, -0.05) is 11.6 Å². The second kappa shape index (κ2) is 4.28. The minimum atomic E-state index is -0.0588. The number of pyridine rings is 1. The number of ether oxygens (including phenoxy) is 1. The number of nitrogens with zero attached hydrogens (tertiary/aromatic N) is 1. The molecule has 1 aromatic heterocycles. The van der Waals surface area contributed by atoms with Crippen molar-refractivity contribution in [1.82, 2.24) is 4.57 Å². The fourth-order valence-electron chi connectivity index (χ4n) is 0.867. The van der Waals surface area contributed by atoms with Crippen LogP contribution in [0.15, 0.2) is 23.1 Å². The zero-order chi connectivity index (χ0) is 8.97. The third kappa shape index (κ3) is 2.36. The maximum atomic E-state index is 11.1. The highest BCUT2D eigenvalue weighted by Gasteiger charge is 1.95. The van der Waals surface area contributed by atoms with Crippen molar-refractivity contribution >= 4 is 11.6 Å². The van der Waals surface area contributed by atoms with Crippen molar-refractivity contribution in [3.8, 4) is 0 Å². The van der Waals surface area contributed by atoms with Crippen LogP contribution in [0.2, 0.25) is 5.02 Å². The van der Waals surface area contributed by atoms with Crippen LogP contribution in [0.1, 0.15) is 0 Å². The molecular weight excluding hydrogens is 178 g/mol. The van der Waals surface area contributed by atoms with Gasteiger partial charge in [-0.05, 0) is 6.07 Å². The van der Waals surface area contributed by atoms with E-state index in [2.05, 4.69) is 0 Å². The first-order chi connectivity index (χ1) is 5.74. The van der Waals surface area contributed by atoms with E-state index >= 15 is 0 Å². The summed E-state index contributed by atoms with van der Waals surface area (Å²) < 4.78 is 6.36. The van der Waals surface area contributed by atoms with Crippen LogP contribution >= 0.6 is 11.6 Å². The van der Waals surface area contributed by atoms with Gasteiger partial charge in [-0.2, -0.15) is 0 Å². The molecule has 0 radical (unpaired) electrons. The molecule has 0 saturated heterocycles. The minimum absolute atomic E-state index is 0.0588. The predicted molar refractivity (Wildman–Crippen MR) is 47.6 cm³/mol. The molecule has 3 nitrogen and oxygen atoms in total. The fourth-order valence-corrected chi connectivity index (χ4v) is 1.05. The normalized spacial score (nSPS) is 10.2. The molecule has 0 amide bonds. The van der Waals surface area contributed by atoms with Gasteiger partial charge in [-0.15, -0.1) is 0 Å². The number of hydrogen-bond acceptors (Lipinski definition) is 2. The third-order valence-electron chi connectivity index (χ3n) is 1.48. The predicted octanol–water partition coefficient (Wildman–Crippen LogP) is 1.15. The van der Waals surface area contributed by atoms with Gasteiger partial charge in [0.05, 0.1) is 11.6 Å². The van der Waals surface area contributed by atoms with E-state index in [1.54, 1.807) is 19.4 Å². The molecule has 0 atom stereocenters. The molecule has 4 heteroatoms. The first-order valence-corrected chi connectivity index (χ1v) is 3.97. The smallest absolute Gasteiger partial charge is 0.250 e. The maximum Gasteiger partial charge on any atom is 0.250 e.